The summed E-state index contributed by atoms with van der Waals surface area (Å²) in [6.45, 7) is 0.0701. The minimum absolute atomic E-state index is 0.0701. The molecule has 0 unspecified atom stereocenters. The molecule has 0 aliphatic heterocycles. The first-order valence-corrected chi connectivity index (χ1v) is 8.97. The number of benzene rings is 1. The summed E-state index contributed by atoms with van der Waals surface area (Å²) in [5, 5.41) is 0.458. The molecule has 0 saturated heterocycles. The Morgan fingerprint density at radius 1 is 1.35 bits per heavy atom. The molecule has 0 aliphatic carbocycles. The fourth-order valence-corrected chi connectivity index (χ4v) is 4.86. The van der Waals surface area contributed by atoms with E-state index in [4.69, 9.17) is 16.3 Å². The Morgan fingerprint density at radius 2 is 2.10 bits per heavy atom. The van der Waals surface area contributed by atoms with Crippen LogP contribution in [0, 0.1) is 0 Å². The summed E-state index contributed by atoms with van der Waals surface area (Å²) < 4.78 is 32.9. The lowest BCUT2D eigenvalue weighted by Crippen LogP contribution is -2.22. The lowest BCUT2D eigenvalue weighted by molar-refractivity contribution is 0.409. The predicted molar refractivity (Wildman–Crippen MR) is 84.0 cm³/mol. The molecular weight excluding hydrogens is 386 g/mol. The van der Waals surface area contributed by atoms with Gasteiger partial charge >= 0.3 is 0 Å². The summed E-state index contributed by atoms with van der Waals surface area (Å²) in [7, 11) is -2.04. The highest BCUT2D eigenvalue weighted by Crippen LogP contribution is 2.28. The average molecular weight is 397 g/mol. The smallest absolute Gasteiger partial charge is 0.250 e. The van der Waals surface area contributed by atoms with Crippen LogP contribution in [-0.4, -0.2) is 15.5 Å². The average Bonchev–Trinajstić information content (AvgIpc) is 2.84. The van der Waals surface area contributed by atoms with Gasteiger partial charge in [-0.05, 0) is 40.2 Å². The van der Waals surface area contributed by atoms with E-state index in [0.717, 1.165) is 15.1 Å². The largest absolute Gasteiger partial charge is 0.496 e. The molecule has 0 fully saturated rings. The first-order valence-electron chi connectivity index (χ1n) is 5.50. The van der Waals surface area contributed by atoms with Crippen molar-refractivity contribution in [3.63, 3.8) is 0 Å². The SMILES string of the molecule is COc1cccc(Cl)c1CNS(=O)(=O)c1ccc(Br)s1. The molecule has 0 bridgehead atoms. The van der Waals surface area contributed by atoms with Gasteiger partial charge < -0.3 is 4.74 Å². The summed E-state index contributed by atoms with van der Waals surface area (Å²) in [6.07, 6.45) is 0. The topological polar surface area (TPSA) is 55.4 Å². The van der Waals surface area contributed by atoms with E-state index in [-0.39, 0.29) is 10.8 Å². The number of thiophene rings is 1. The number of nitrogens with one attached hydrogen (secondary N) is 1. The van der Waals surface area contributed by atoms with Gasteiger partial charge in [0.2, 0.25) is 10.0 Å². The Balaban J connectivity index is 2.21. The van der Waals surface area contributed by atoms with Crippen LogP contribution < -0.4 is 9.46 Å². The lowest BCUT2D eigenvalue weighted by atomic mass is 10.2. The van der Waals surface area contributed by atoms with Gasteiger partial charge in [0.1, 0.15) is 9.96 Å². The van der Waals surface area contributed by atoms with Gasteiger partial charge in [-0.15, -0.1) is 11.3 Å². The Hall–Kier alpha value is -0.600. The van der Waals surface area contributed by atoms with Crippen LogP contribution in [-0.2, 0) is 16.6 Å². The maximum absolute atomic E-state index is 12.1. The second-order valence-corrected chi connectivity index (χ2v) is 8.67. The van der Waals surface area contributed by atoms with Crippen molar-refractivity contribution >= 4 is 48.9 Å². The first-order chi connectivity index (χ1) is 9.44. The second-order valence-electron chi connectivity index (χ2n) is 3.80. The van der Waals surface area contributed by atoms with Gasteiger partial charge in [-0.1, -0.05) is 17.7 Å². The van der Waals surface area contributed by atoms with Crippen molar-refractivity contribution in [3.8, 4) is 5.75 Å². The second kappa shape index (κ2) is 6.44. The fourth-order valence-electron chi connectivity index (χ4n) is 1.58. The van der Waals surface area contributed by atoms with Gasteiger partial charge in [0.05, 0.1) is 10.9 Å². The van der Waals surface area contributed by atoms with Gasteiger partial charge in [-0.3, -0.25) is 0 Å². The van der Waals surface area contributed by atoms with Crippen molar-refractivity contribution in [2.75, 3.05) is 7.11 Å². The van der Waals surface area contributed by atoms with Crippen molar-refractivity contribution in [1.29, 1.82) is 0 Å². The van der Waals surface area contributed by atoms with Crippen molar-refractivity contribution < 1.29 is 13.2 Å². The molecule has 0 saturated carbocycles. The third kappa shape index (κ3) is 3.53. The quantitative estimate of drug-likeness (QED) is 0.839. The number of sulfonamides is 1. The summed E-state index contributed by atoms with van der Waals surface area (Å²) in [5.41, 5.74) is 0.607. The van der Waals surface area contributed by atoms with E-state index in [1.165, 1.54) is 7.11 Å². The molecule has 1 aromatic heterocycles. The number of hydrogen-bond donors (Lipinski definition) is 1. The summed E-state index contributed by atoms with van der Waals surface area (Å²) in [4.78, 5) is 0. The molecular formula is C12H11BrClNO3S2. The number of halogens is 2. The van der Waals surface area contributed by atoms with Gasteiger partial charge in [0.15, 0.2) is 0 Å². The third-order valence-electron chi connectivity index (χ3n) is 2.55. The molecule has 2 aromatic rings. The molecule has 0 aliphatic rings. The monoisotopic (exact) mass is 395 g/mol. The van der Waals surface area contributed by atoms with Gasteiger partial charge in [0.25, 0.3) is 0 Å². The Bertz CT molecular complexity index is 715. The van der Waals surface area contributed by atoms with Crippen LogP contribution in [0.25, 0.3) is 0 Å². The Kier molecular flexibility index (Phi) is 5.09. The van der Waals surface area contributed by atoms with Crippen molar-refractivity contribution in [2.45, 2.75) is 10.8 Å². The van der Waals surface area contributed by atoms with Crippen LogP contribution in [0.4, 0.5) is 0 Å². The molecule has 20 heavy (non-hydrogen) atoms. The highest BCUT2D eigenvalue weighted by atomic mass is 79.9. The lowest BCUT2D eigenvalue weighted by Gasteiger charge is -2.11. The summed E-state index contributed by atoms with van der Waals surface area (Å²) in [6, 6.07) is 8.40. The van der Waals surface area contributed by atoms with Crippen LogP contribution in [0.3, 0.4) is 0 Å². The van der Waals surface area contributed by atoms with Crippen molar-refractivity contribution in [3.05, 3.63) is 44.7 Å². The number of ether oxygens (including phenoxy) is 1. The molecule has 8 heteroatoms. The highest BCUT2D eigenvalue weighted by molar-refractivity contribution is 9.11. The molecule has 1 N–H and O–H groups in total. The summed E-state index contributed by atoms with van der Waals surface area (Å²) >= 11 is 10.5. The van der Waals surface area contributed by atoms with Crippen molar-refractivity contribution in [2.24, 2.45) is 0 Å². The molecule has 1 heterocycles. The highest BCUT2D eigenvalue weighted by Gasteiger charge is 2.18. The molecule has 0 radical (unpaired) electrons. The van der Waals surface area contributed by atoms with Gasteiger partial charge in [-0.2, -0.15) is 0 Å². The zero-order valence-corrected chi connectivity index (χ0v) is 14.4. The zero-order chi connectivity index (χ0) is 14.8. The summed E-state index contributed by atoms with van der Waals surface area (Å²) in [5.74, 6) is 0.549. The van der Waals surface area contributed by atoms with Crippen LogP contribution in [0.15, 0.2) is 38.3 Å². The van der Waals surface area contributed by atoms with E-state index < -0.39 is 10.0 Å². The van der Waals surface area contributed by atoms with Gasteiger partial charge in [-0.25, -0.2) is 13.1 Å². The number of hydrogen-bond acceptors (Lipinski definition) is 4. The molecule has 2 rings (SSSR count). The molecule has 108 valence electrons. The number of methoxy groups -OCH3 is 1. The fraction of sp³-hybridized carbons (Fsp3) is 0.167. The van der Waals surface area contributed by atoms with E-state index in [9.17, 15) is 8.42 Å². The zero-order valence-electron chi connectivity index (χ0n) is 10.4. The third-order valence-corrected chi connectivity index (χ3v) is 6.42. The van der Waals surface area contributed by atoms with E-state index in [1.54, 1.807) is 30.3 Å². The number of rotatable bonds is 5. The Morgan fingerprint density at radius 3 is 2.70 bits per heavy atom. The predicted octanol–water partition coefficient (Wildman–Crippen LogP) is 3.65. The standard InChI is InChI=1S/C12H11BrClNO3S2/c1-18-10-4-2-3-9(14)8(10)7-15-20(16,17)12-6-5-11(13)19-12/h2-6,15H,7H2,1H3. The minimum Gasteiger partial charge on any atom is -0.496 e. The van der Waals surface area contributed by atoms with Gasteiger partial charge in [0, 0.05) is 17.1 Å². The maximum Gasteiger partial charge on any atom is 0.250 e. The van der Waals surface area contributed by atoms with Crippen LogP contribution >= 0.6 is 38.9 Å². The normalized spacial score (nSPS) is 11.6. The molecule has 0 amide bonds. The van der Waals surface area contributed by atoms with Crippen LogP contribution in [0.2, 0.25) is 5.02 Å². The Labute approximate surface area is 134 Å². The van der Waals surface area contributed by atoms with Crippen molar-refractivity contribution in [1.82, 2.24) is 4.72 Å². The minimum atomic E-state index is -3.56. The van der Waals surface area contributed by atoms with Crippen LogP contribution in [0.5, 0.6) is 5.75 Å². The van der Waals surface area contributed by atoms with E-state index in [2.05, 4.69) is 20.7 Å². The molecule has 4 nitrogen and oxygen atoms in total. The van der Waals surface area contributed by atoms with Crippen LogP contribution in [0.1, 0.15) is 5.56 Å². The maximum atomic E-state index is 12.1. The van der Waals surface area contributed by atoms with E-state index in [1.807, 2.05) is 0 Å². The molecule has 0 spiro atoms. The van der Waals surface area contributed by atoms with E-state index >= 15 is 0 Å². The molecule has 0 atom stereocenters. The molecule has 1 aromatic carbocycles. The van der Waals surface area contributed by atoms with E-state index in [0.29, 0.717) is 16.3 Å². The first kappa shape index (κ1) is 15.8.